The summed E-state index contributed by atoms with van der Waals surface area (Å²) in [4.78, 5) is 19.1. The molecule has 1 amide bonds. The van der Waals surface area contributed by atoms with Gasteiger partial charge in [-0.3, -0.25) is 4.79 Å². The van der Waals surface area contributed by atoms with Gasteiger partial charge in [-0.05, 0) is 49.9 Å². The lowest BCUT2D eigenvalue weighted by molar-refractivity contribution is -0.135. The number of likely N-dealkylation sites (tertiary alicyclic amines) is 1. The number of imidazole rings is 1. The molecule has 1 aromatic heterocycles. The number of carbonyl (C=O) groups excluding carboxylic acids is 1. The van der Waals surface area contributed by atoms with E-state index in [1.165, 1.54) is 25.7 Å². The molecule has 2 aliphatic carbocycles. The number of aliphatic hydroxyl groups is 1. The summed E-state index contributed by atoms with van der Waals surface area (Å²) < 4.78 is 1.88. The molecule has 1 saturated heterocycles. The SMILES string of the molecule is Cn1ccnc1C(O)C1CCCN(C(=O)CC2CC3CCC2C3)C1. The number of piperidine rings is 1. The highest BCUT2D eigenvalue weighted by atomic mass is 16.3. The monoisotopic (exact) mass is 331 g/mol. The van der Waals surface area contributed by atoms with Gasteiger partial charge < -0.3 is 14.6 Å². The Hall–Kier alpha value is -1.36. The van der Waals surface area contributed by atoms with Crippen LogP contribution in [0.15, 0.2) is 12.4 Å². The first kappa shape index (κ1) is 16.1. The van der Waals surface area contributed by atoms with Gasteiger partial charge in [-0.2, -0.15) is 0 Å². The standard InChI is InChI=1S/C19H29N3O2/c1-21-8-6-20-19(21)18(24)15-3-2-7-22(12-15)17(23)11-16-10-13-4-5-14(16)9-13/h6,8,13-16,18,24H,2-5,7,9-12H2,1H3. The van der Waals surface area contributed by atoms with E-state index in [1.807, 2.05) is 22.7 Å². The van der Waals surface area contributed by atoms with Crippen molar-refractivity contribution in [3.8, 4) is 0 Å². The van der Waals surface area contributed by atoms with Crippen molar-refractivity contribution in [3.05, 3.63) is 18.2 Å². The molecule has 0 radical (unpaired) electrons. The predicted molar refractivity (Wildman–Crippen MR) is 91.0 cm³/mol. The highest BCUT2D eigenvalue weighted by molar-refractivity contribution is 5.76. The minimum absolute atomic E-state index is 0.101. The first-order valence-electron chi connectivity index (χ1n) is 9.55. The van der Waals surface area contributed by atoms with Crippen LogP contribution in [0.1, 0.15) is 56.9 Å². The van der Waals surface area contributed by atoms with Gasteiger partial charge in [0.1, 0.15) is 11.9 Å². The van der Waals surface area contributed by atoms with Crippen molar-refractivity contribution < 1.29 is 9.90 Å². The van der Waals surface area contributed by atoms with E-state index in [9.17, 15) is 9.90 Å². The van der Waals surface area contributed by atoms with Crippen molar-refractivity contribution in [2.24, 2.45) is 30.7 Å². The second-order valence-corrected chi connectivity index (χ2v) is 8.22. The molecule has 4 rings (SSSR count). The van der Waals surface area contributed by atoms with Crippen LogP contribution in [-0.4, -0.2) is 38.6 Å². The van der Waals surface area contributed by atoms with Crippen molar-refractivity contribution in [2.75, 3.05) is 13.1 Å². The van der Waals surface area contributed by atoms with E-state index in [2.05, 4.69) is 4.98 Å². The van der Waals surface area contributed by atoms with E-state index in [4.69, 9.17) is 0 Å². The first-order chi connectivity index (χ1) is 11.6. The minimum Gasteiger partial charge on any atom is -0.385 e. The summed E-state index contributed by atoms with van der Waals surface area (Å²) >= 11 is 0. The zero-order valence-electron chi connectivity index (χ0n) is 14.6. The zero-order valence-corrected chi connectivity index (χ0v) is 14.6. The lowest BCUT2D eigenvalue weighted by Gasteiger charge is -2.36. The predicted octanol–water partition coefficient (Wildman–Crippen LogP) is 2.52. The van der Waals surface area contributed by atoms with Crippen LogP contribution in [0.5, 0.6) is 0 Å². The Kier molecular flexibility index (Phi) is 4.37. The molecule has 2 bridgehead atoms. The molecule has 5 heteroatoms. The summed E-state index contributed by atoms with van der Waals surface area (Å²) in [6.07, 6.45) is 11.0. The molecule has 5 nitrogen and oxygen atoms in total. The van der Waals surface area contributed by atoms with Gasteiger partial charge in [-0.1, -0.05) is 6.42 Å². The second kappa shape index (κ2) is 6.51. The Labute approximate surface area is 144 Å². The molecule has 1 aromatic rings. The number of carbonyl (C=O) groups is 1. The molecular weight excluding hydrogens is 302 g/mol. The van der Waals surface area contributed by atoms with E-state index in [0.717, 1.165) is 37.6 Å². The van der Waals surface area contributed by atoms with Crippen molar-refractivity contribution in [1.29, 1.82) is 0 Å². The van der Waals surface area contributed by atoms with E-state index in [0.29, 0.717) is 24.2 Å². The topological polar surface area (TPSA) is 58.4 Å². The Morgan fingerprint density at radius 3 is 2.92 bits per heavy atom. The maximum atomic E-state index is 12.8. The lowest BCUT2D eigenvalue weighted by Crippen LogP contribution is -2.42. The fourth-order valence-electron chi connectivity index (χ4n) is 5.35. The van der Waals surface area contributed by atoms with E-state index in [1.54, 1.807) is 6.20 Å². The maximum absolute atomic E-state index is 12.8. The quantitative estimate of drug-likeness (QED) is 0.922. The van der Waals surface area contributed by atoms with Gasteiger partial charge in [0.05, 0.1) is 0 Å². The maximum Gasteiger partial charge on any atom is 0.222 e. The third-order valence-electron chi connectivity index (χ3n) is 6.70. The molecule has 0 aromatic carbocycles. The number of fused-ring (bicyclic) bond motifs is 2. The molecule has 132 valence electrons. The van der Waals surface area contributed by atoms with Crippen molar-refractivity contribution in [1.82, 2.24) is 14.5 Å². The number of rotatable bonds is 4. The van der Waals surface area contributed by atoms with Crippen molar-refractivity contribution >= 4 is 5.91 Å². The number of hydrogen-bond acceptors (Lipinski definition) is 3. The first-order valence-corrected chi connectivity index (χ1v) is 9.55. The molecule has 0 spiro atoms. The van der Waals surface area contributed by atoms with Gasteiger partial charge in [0.15, 0.2) is 0 Å². The summed E-state index contributed by atoms with van der Waals surface area (Å²) in [7, 11) is 1.91. The van der Waals surface area contributed by atoms with Crippen LogP contribution in [0, 0.1) is 23.7 Å². The normalized spacial score (nSPS) is 33.8. The highest BCUT2D eigenvalue weighted by Crippen LogP contribution is 2.49. The van der Waals surface area contributed by atoms with Crippen LogP contribution in [0.4, 0.5) is 0 Å². The summed E-state index contributed by atoms with van der Waals surface area (Å²) in [5.41, 5.74) is 0. The summed E-state index contributed by atoms with van der Waals surface area (Å²) in [5.74, 6) is 3.44. The second-order valence-electron chi connectivity index (χ2n) is 8.22. The highest BCUT2D eigenvalue weighted by Gasteiger charge is 2.41. The lowest BCUT2D eigenvalue weighted by atomic mass is 9.85. The third-order valence-corrected chi connectivity index (χ3v) is 6.70. The Morgan fingerprint density at radius 2 is 2.25 bits per heavy atom. The van der Waals surface area contributed by atoms with Gasteiger partial charge in [0.25, 0.3) is 0 Å². The van der Waals surface area contributed by atoms with Crippen LogP contribution in [0.25, 0.3) is 0 Å². The minimum atomic E-state index is -0.580. The molecule has 5 atom stereocenters. The third kappa shape index (κ3) is 2.99. The largest absolute Gasteiger partial charge is 0.385 e. The number of hydrogen-bond donors (Lipinski definition) is 1. The van der Waals surface area contributed by atoms with Crippen LogP contribution in [0.2, 0.25) is 0 Å². The molecular formula is C19H29N3O2. The molecule has 3 fully saturated rings. The van der Waals surface area contributed by atoms with Crippen LogP contribution in [-0.2, 0) is 11.8 Å². The van der Waals surface area contributed by atoms with Crippen molar-refractivity contribution in [3.63, 3.8) is 0 Å². The number of aryl methyl sites for hydroxylation is 1. The summed E-state index contributed by atoms with van der Waals surface area (Å²) in [6, 6.07) is 0. The Morgan fingerprint density at radius 1 is 1.38 bits per heavy atom. The van der Waals surface area contributed by atoms with Gasteiger partial charge in [-0.15, -0.1) is 0 Å². The molecule has 2 heterocycles. The van der Waals surface area contributed by atoms with Crippen LogP contribution >= 0.6 is 0 Å². The van der Waals surface area contributed by atoms with Crippen LogP contribution in [0.3, 0.4) is 0 Å². The van der Waals surface area contributed by atoms with Gasteiger partial charge in [0, 0.05) is 44.9 Å². The number of aliphatic hydroxyl groups excluding tert-OH is 1. The van der Waals surface area contributed by atoms with Crippen molar-refractivity contribution in [2.45, 2.75) is 51.0 Å². The molecule has 1 N–H and O–H groups in total. The number of nitrogens with zero attached hydrogens (tertiary/aromatic N) is 3. The van der Waals surface area contributed by atoms with Gasteiger partial charge >= 0.3 is 0 Å². The Balaban J connectivity index is 1.36. The fourth-order valence-corrected chi connectivity index (χ4v) is 5.35. The average Bonchev–Trinajstić information content (AvgIpc) is 3.31. The van der Waals surface area contributed by atoms with Gasteiger partial charge in [-0.25, -0.2) is 4.98 Å². The van der Waals surface area contributed by atoms with Gasteiger partial charge in [0.2, 0.25) is 5.91 Å². The average molecular weight is 331 g/mol. The van der Waals surface area contributed by atoms with E-state index >= 15 is 0 Å². The summed E-state index contributed by atoms with van der Waals surface area (Å²) in [6.45, 7) is 1.52. The van der Waals surface area contributed by atoms with E-state index in [-0.39, 0.29) is 5.92 Å². The molecule has 24 heavy (non-hydrogen) atoms. The smallest absolute Gasteiger partial charge is 0.222 e. The molecule has 2 saturated carbocycles. The summed E-state index contributed by atoms with van der Waals surface area (Å²) in [5, 5.41) is 10.7. The molecule has 5 unspecified atom stereocenters. The van der Waals surface area contributed by atoms with Crippen LogP contribution < -0.4 is 0 Å². The van der Waals surface area contributed by atoms with E-state index < -0.39 is 6.10 Å². The number of amides is 1. The zero-order chi connectivity index (χ0) is 16.7. The number of aromatic nitrogens is 2. The Bertz CT molecular complexity index is 599. The molecule has 1 aliphatic heterocycles. The fraction of sp³-hybridized carbons (Fsp3) is 0.789. The molecule has 3 aliphatic rings.